The number of ether oxygens (including phenoxy) is 4. The number of amides is 1. The van der Waals surface area contributed by atoms with Crippen molar-refractivity contribution in [3.63, 3.8) is 0 Å². The van der Waals surface area contributed by atoms with Crippen molar-refractivity contribution in [3.8, 4) is 11.5 Å². The van der Waals surface area contributed by atoms with Crippen molar-refractivity contribution < 1.29 is 28.8 Å². The van der Waals surface area contributed by atoms with Gasteiger partial charge in [0.1, 0.15) is 0 Å². The Morgan fingerprint density at radius 3 is 2.75 bits per heavy atom. The van der Waals surface area contributed by atoms with E-state index in [-0.39, 0.29) is 36.9 Å². The van der Waals surface area contributed by atoms with Gasteiger partial charge in [0.2, 0.25) is 13.1 Å². The molecule has 0 saturated heterocycles. The van der Waals surface area contributed by atoms with Crippen LogP contribution in [0.4, 0.5) is 0 Å². The van der Waals surface area contributed by atoms with Gasteiger partial charge in [0.15, 0.2) is 17.3 Å². The summed E-state index contributed by atoms with van der Waals surface area (Å²) in [5.74, 6) is 1.14. The number of fused-ring (bicyclic) bond motifs is 1. The standard InChI is InChI=1S/C25H29NO6/c1-2-29-25-19(9-6-12-27)20(18-10-11-21-22(13-18)31-16-30-21)14-23(32-25)24(28)26-15-17-7-4-3-5-8-17/h3-5,7-8,10-11,13-14,19-20,25,27H,2,6,9,12,15-16H2,1H3,(H,26,28)/t19-,20+,25+/m0/s1. The highest BCUT2D eigenvalue weighted by molar-refractivity contribution is 5.91. The first-order valence-corrected chi connectivity index (χ1v) is 11.0. The van der Waals surface area contributed by atoms with Crippen molar-refractivity contribution >= 4 is 5.91 Å². The van der Waals surface area contributed by atoms with Crippen LogP contribution in [0.25, 0.3) is 0 Å². The van der Waals surface area contributed by atoms with Crippen molar-refractivity contribution in [1.29, 1.82) is 0 Å². The number of aliphatic hydroxyl groups excluding tert-OH is 1. The average Bonchev–Trinajstić information content (AvgIpc) is 3.30. The SMILES string of the molecule is CCO[C@@H]1OC(C(=O)NCc2ccccc2)=C[C@H](c2ccc3c(c2)OCO3)[C@@H]1CCCO. The molecule has 2 aromatic carbocycles. The summed E-state index contributed by atoms with van der Waals surface area (Å²) < 4.78 is 22.9. The number of allylic oxidation sites excluding steroid dienone is 1. The van der Waals surface area contributed by atoms with Gasteiger partial charge in [0.05, 0.1) is 0 Å². The smallest absolute Gasteiger partial charge is 0.286 e. The van der Waals surface area contributed by atoms with Crippen molar-refractivity contribution in [2.45, 2.75) is 38.5 Å². The lowest BCUT2D eigenvalue weighted by Crippen LogP contribution is -2.39. The fourth-order valence-corrected chi connectivity index (χ4v) is 4.13. The molecule has 2 aliphatic heterocycles. The summed E-state index contributed by atoms with van der Waals surface area (Å²) in [6.45, 7) is 3.03. The largest absolute Gasteiger partial charge is 0.459 e. The highest BCUT2D eigenvalue weighted by atomic mass is 16.7. The molecular formula is C25H29NO6. The van der Waals surface area contributed by atoms with E-state index in [2.05, 4.69) is 5.32 Å². The molecule has 0 bridgehead atoms. The summed E-state index contributed by atoms with van der Waals surface area (Å²) in [5, 5.41) is 12.3. The van der Waals surface area contributed by atoms with E-state index in [4.69, 9.17) is 18.9 Å². The Labute approximate surface area is 187 Å². The van der Waals surface area contributed by atoms with Gasteiger partial charge < -0.3 is 29.4 Å². The molecule has 0 aliphatic carbocycles. The number of rotatable bonds is 9. The van der Waals surface area contributed by atoms with E-state index in [1.54, 1.807) is 0 Å². The second-order valence-corrected chi connectivity index (χ2v) is 7.81. The van der Waals surface area contributed by atoms with Crippen LogP contribution >= 0.6 is 0 Å². The Bertz CT molecular complexity index is 945. The highest BCUT2D eigenvalue weighted by Crippen LogP contribution is 2.42. The first-order chi connectivity index (χ1) is 15.7. The van der Waals surface area contributed by atoms with Gasteiger partial charge in [-0.1, -0.05) is 36.4 Å². The van der Waals surface area contributed by atoms with Gasteiger partial charge in [0, 0.05) is 31.6 Å². The molecule has 2 aromatic rings. The summed E-state index contributed by atoms with van der Waals surface area (Å²) >= 11 is 0. The van der Waals surface area contributed by atoms with E-state index in [0.29, 0.717) is 37.5 Å². The molecule has 1 amide bonds. The molecule has 7 nitrogen and oxygen atoms in total. The minimum Gasteiger partial charge on any atom is -0.459 e. The van der Waals surface area contributed by atoms with Crippen LogP contribution < -0.4 is 14.8 Å². The third-order valence-corrected chi connectivity index (χ3v) is 5.71. The predicted octanol–water partition coefficient (Wildman–Crippen LogP) is 3.48. The molecule has 2 aliphatic rings. The molecular weight excluding hydrogens is 410 g/mol. The summed E-state index contributed by atoms with van der Waals surface area (Å²) in [6, 6.07) is 15.5. The van der Waals surface area contributed by atoms with Crippen LogP contribution in [-0.4, -0.2) is 37.3 Å². The third-order valence-electron chi connectivity index (χ3n) is 5.71. The number of hydrogen-bond acceptors (Lipinski definition) is 6. The van der Waals surface area contributed by atoms with Crippen molar-refractivity contribution in [2.24, 2.45) is 5.92 Å². The maximum absolute atomic E-state index is 13.0. The summed E-state index contributed by atoms with van der Waals surface area (Å²) in [6.07, 6.45) is 2.57. The van der Waals surface area contributed by atoms with Gasteiger partial charge in [-0.25, -0.2) is 0 Å². The fourth-order valence-electron chi connectivity index (χ4n) is 4.13. The van der Waals surface area contributed by atoms with E-state index in [1.807, 2.05) is 61.5 Å². The third kappa shape index (κ3) is 5.06. The van der Waals surface area contributed by atoms with Crippen LogP contribution in [0.3, 0.4) is 0 Å². The molecule has 7 heteroatoms. The van der Waals surface area contributed by atoms with Crippen LogP contribution in [0.2, 0.25) is 0 Å². The topological polar surface area (TPSA) is 86.3 Å². The van der Waals surface area contributed by atoms with E-state index in [0.717, 1.165) is 11.1 Å². The number of nitrogens with one attached hydrogen (secondary N) is 1. The van der Waals surface area contributed by atoms with E-state index in [1.165, 1.54) is 0 Å². The Morgan fingerprint density at radius 1 is 1.16 bits per heavy atom. The van der Waals surface area contributed by atoms with Gasteiger partial charge in [-0.05, 0) is 49.1 Å². The first-order valence-electron chi connectivity index (χ1n) is 11.0. The zero-order chi connectivity index (χ0) is 22.3. The molecule has 0 spiro atoms. The molecule has 2 heterocycles. The first kappa shape index (κ1) is 22.2. The van der Waals surface area contributed by atoms with Gasteiger partial charge in [-0.3, -0.25) is 4.79 Å². The van der Waals surface area contributed by atoms with Gasteiger partial charge >= 0.3 is 0 Å². The Hall–Kier alpha value is -3.03. The zero-order valence-electron chi connectivity index (χ0n) is 18.2. The minimum atomic E-state index is -0.593. The van der Waals surface area contributed by atoms with Crippen molar-refractivity contribution in [3.05, 3.63) is 71.5 Å². The van der Waals surface area contributed by atoms with E-state index in [9.17, 15) is 9.90 Å². The molecule has 0 unspecified atom stereocenters. The molecule has 32 heavy (non-hydrogen) atoms. The summed E-state index contributed by atoms with van der Waals surface area (Å²) in [7, 11) is 0. The average molecular weight is 440 g/mol. The fraction of sp³-hybridized carbons (Fsp3) is 0.400. The number of carbonyl (C=O) groups excluding carboxylic acids is 1. The molecule has 0 radical (unpaired) electrons. The van der Waals surface area contributed by atoms with Gasteiger partial charge in [0.25, 0.3) is 5.91 Å². The van der Waals surface area contributed by atoms with E-state index < -0.39 is 6.29 Å². The molecule has 0 fully saturated rings. The normalized spacial score (nSPS) is 21.6. The Balaban J connectivity index is 1.61. The minimum absolute atomic E-state index is 0.0619. The second kappa shape index (κ2) is 10.5. The molecule has 170 valence electrons. The van der Waals surface area contributed by atoms with Crippen LogP contribution in [0.1, 0.15) is 36.8 Å². The number of aliphatic hydroxyl groups is 1. The zero-order valence-corrected chi connectivity index (χ0v) is 18.2. The lowest BCUT2D eigenvalue weighted by Gasteiger charge is -2.37. The molecule has 3 atom stereocenters. The lowest BCUT2D eigenvalue weighted by molar-refractivity contribution is -0.166. The molecule has 4 rings (SSSR count). The lowest BCUT2D eigenvalue weighted by atomic mass is 9.80. The van der Waals surface area contributed by atoms with Crippen LogP contribution in [0.15, 0.2) is 60.4 Å². The molecule has 0 saturated carbocycles. The monoisotopic (exact) mass is 439 g/mol. The Kier molecular flexibility index (Phi) is 7.29. The number of carbonyl (C=O) groups is 1. The van der Waals surface area contributed by atoms with Gasteiger partial charge in [-0.2, -0.15) is 0 Å². The Morgan fingerprint density at radius 2 is 1.97 bits per heavy atom. The van der Waals surface area contributed by atoms with Gasteiger partial charge in [-0.15, -0.1) is 0 Å². The van der Waals surface area contributed by atoms with Crippen molar-refractivity contribution in [2.75, 3.05) is 20.0 Å². The van der Waals surface area contributed by atoms with Crippen LogP contribution in [0.5, 0.6) is 11.5 Å². The van der Waals surface area contributed by atoms with Crippen molar-refractivity contribution in [1.82, 2.24) is 5.32 Å². The highest BCUT2D eigenvalue weighted by Gasteiger charge is 2.38. The number of benzene rings is 2. The maximum Gasteiger partial charge on any atom is 0.286 e. The van der Waals surface area contributed by atoms with Crippen LogP contribution in [-0.2, 0) is 20.8 Å². The molecule has 0 aromatic heterocycles. The second-order valence-electron chi connectivity index (χ2n) is 7.81. The van der Waals surface area contributed by atoms with Crippen LogP contribution in [0, 0.1) is 5.92 Å². The maximum atomic E-state index is 13.0. The predicted molar refractivity (Wildman–Crippen MR) is 118 cm³/mol. The molecule has 2 N–H and O–H groups in total. The number of hydrogen-bond donors (Lipinski definition) is 2. The summed E-state index contributed by atoms with van der Waals surface area (Å²) in [5.41, 5.74) is 1.99. The van der Waals surface area contributed by atoms with E-state index >= 15 is 0 Å². The quantitative estimate of drug-likeness (QED) is 0.622. The summed E-state index contributed by atoms with van der Waals surface area (Å²) in [4.78, 5) is 13.0.